The van der Waals surface area contributed by atoms with Crippen molar-refractivity contribution in [3.63, 3.8) is 0 Å². The SMILES string of the molecule is COC(=O)c1ccc(NC(=O)[C@H]2COc3ccccc3O2)cc1. The van der Waals surface area contributed by atoms with Crippen molar-refractivity contribution in [2.75, 3.05) is 19.0 Å². The molecule has 0 fully saturated rings. The average Bonchev–Trinajstić information content (AvgIpc) is 2.61. The first-order chi connectivity index (χ1) is 11.2. The zero-order valence-electron chi connectivity index (χ0n) is 12.4. The van der Waals surface area contributed by atoms with Crippen LogP contribution in [0.3, 0.4) is 0 Å². The molecule has 1 heterocycles. The van der Waals surface area contributed by atoms with Gasteiger partial charge in [0.15, 0.2) is 11.5 Å². The number of fused-ring (bicyclic) bond motifs is 1. The van der Waals surface area contributed by atoms with Gasteiger partial charge in [-0.15, -0.1) is 0 Å². The fourth-order valence-electron chi connectivity index (χ4n) is 2.18. The Morgan fingerprint density at radius 1 is 1.09 bits per heavy atom. The van der Waals surface area contributed by atoms with Crippen LogP contribution in [0, 0.1) is 0 Å². The number of hydrogen-bond donors (Lipinski definition) is 1. The Bertz CT molecular complexity index is 726. The van der Waals surface area contributed by atoms with Crippen molar-refractivity contribution in [3.8, 4) is 11.5 Å². The highest BCUT2D eigenvalue weighted by molar-refractivity contribution is 5.95. The maximum atomic E-state index is 12.2. The molecule has 0 saturated carbocycles. The zero-order chi connectivity index (χ0) is 16.2. The lowest BCUT2D eigenvalue weighted by atomic mass is 10.2. The highest BCUT2D eigenvalue weighted by Gasteiger charge is 2.27. The van der Waals surface area contributed by atoms with E-state index in [1.807, 2.05) is 12.1 Å². The summed E-state index contributed by atoms with van der Waals surface area (Å²) >= 11 is 0. The maximum absolute atomic E-state index is 12.2. The van der Waals surface area contributed by atoms with E-state index in [1.54, 1.807) is 36.4 Å². The summed E-state index contributed by atoms with van der Waals surface area (Å²) in [7, 11) is 1.32. The Kier molecular flexibility index (Phi) is 4.14. The lowest BCUT2D eigenvalue weighted by molar-refractivity contribution is -0.125. The number of rotatable bonds is 3. The van der Waals surface area contributed by atoms with E-state index in [-0.39, 0.29) is 12.5 Å². The van der Waals surface area contributed by atoms with Gasteiger partial charge in [0.1, 0.15) is 6.61 Å². The number of nitrogens with one attached hydrogen (secondary N) is 1. The van der Waals surface area contributed by atoms with Gasteiger partial charge in [-0.3, -0.25) is 4.79 Å². The summed E-state index contributed by atoms with van der Waals surface area (Å²) in [6, 6.07) is 13.6. The molecule has 2 aromatic rings. The normalized spacial score (nSPS) is 15.6. The minimum Gasteiger partial charge on any atom is -0.485 e. The quantitative estimate of drug-likeness (QED) is 0.880. The highest BCUT2D eigenvalue weighted by atomic mass is 16.6. The van der Waals surface area contributed by atoms with E-state index >= 15 is 0 Å². The van der Waals surface area contributed by atoms with E-state index in [1.165, 1.54) is 7.11 Å². The summed E-state index contributed by atoms with van der Waals surface area (Å²) in [4.78, 5) is 23.6. The third-order valence-electron chi connectivity index (χ3n) is 3.37. The molecule has 0 bridgehead atoms. The summed E-state index contributed by atoms with van der Waals surface area (Å²) in [6.07, 6.45) is -0.731. The number of anilines is 1. The maximum Gasteiger partial charge on any atom is 0.337 e. The van der Waals surface area contributed by atoms with Crippen molar-refractivity contribution >= 4 is 17.6 Å². The third kappa shape index (κ3) is 3.26. The van der Waals surface area contributed by atoms with Gasteiger partial charge in [0.05, 0.1) is 12.7 Å². The number of esters is 1. The van der Waals surface area contributed by atoms with Crippen molar-refractivity contribution in [2.45, 2.75) is 6.10 Å². The molecule has 1 N–H and O–H groups in total. The second-order valence-corrected chi connectivity index (χ2v) is 4.92. The van der Waals surface area contributed by atoms with Crippen LogP contribution in [-0.2, 0) is 9.53 Å². The van der Waals surface area contributed by atoms with Crippen LogP contribution in [0.2, 0.25) is 0 Å². The van der Waals surface area contributed by atoms with E-state index in [0.717, 1.165) is 0 Å². The molecule has 2 aromatic carbocycles. The van der Waals surface area contributed by atoms with Crippen molar-refractivity contribution < 1.29 is 23.8 Å². The van der Waals surface area contributed by atoms with E-state index in [0.29, 0.717) is 22.7 Å². The summed E-state index contributed by atoms with van der Waals surface area (Å²) < 4.78 is 15.8. The zero-order valence-corrected chi connectivity index (χ0v) is 12.4. The van der Waals surface area contributed by atoms with E-state index < -0.39 is 12.1 Å². The molecule has 0 radical (unpaired) electrons. The summed E-state index contributed by atoms with van der Waals surface area (Å²) in [5.74, 6) is 0.424. The molecule has 0 saturated heterocycles. The van der Waals surface area contributed by atoms with Crippen LogP contribution in [0.15, 0.2) is 48.5 Å². The van der Waals surface area contributed by atoms with Gasteiger partial charge in [0, 0.05) is 5.69 Å². The Morgan fingerprint density at radius 3 is 2.48 bits per heavy atom. The van der Waals surface area contributed by atoms with E-state index in [9.17, 15) is 9.59 Å². The molecule has 1 amide bonds. The number of hydrogen-bond acceptors (Lipinski definition) is 5. The van der Waals surface area contributed by atoms with Gasteiger partial charge in [-0.25, -0.2) is 4.79 Å². The topological polar surface area (TPSA) is 73.9 Å². The molecule has 1 aliphatic rings. The Morgan fingerprint density at radius 2 is 1.78 bits per heavy atom. The average molecular weight is 313 g/mol. The Labute approximate surface area is 133 Å². The van der Waals surface area contributed by atoms with Gasteiger partial charge in [-0.1, -0.05) is 12.1 Å². The van der Waals surface area contributed by atoms with Crippen molar-refractivity contribution in [3.05, 3.63) is 54.1 Å². The first-order valence-corrected chi connectivity index (χ1v) is 7.05. The predicted octanol–water partition coefficient (Wildman–Crippen LogP) is 2.25. The summed E-state index contributed by atoms with van der Waals surface area (Å²) in [5, 5.41) is 2.73. The first-order valence-electron chi connectivity index (χ1n) is 7.05. The number of carbonyl (C=O) groups is 2. The number of ether oxygens (including phenoxy) is 3. The van der Waals surface area contributed by atoms with Gasteiger partial charge >= 0.3 is 5.97 Å². The molecule has 0 aliphatic carbocycles. The molecular weight excluding hydrogens is 298 g/mol. The van der Waals surface area contributed by atoms with Crippen molar-refractivity contribution in [2.24, 2.45) is 0 Å². The van der Waals surface area contributed by atoms with Gasteiger partial charge < -0.3 is 19.5 Å². The fraction of sp³-hybridized carbons (Fsp3) is 0.176. The monoisotopic (exact) mass is 313 g/mol. The van der Waals surface area contributed by atoms with Crippen LogP contribution in [0.1, 0.15) is 10.4 Å². The van der Waals surface area contributed by atoms with Gasteiger partial charge in [0.25, 0.3) is 5.91 Å². The Hall–Kier alpha value is -3.02. The number of para-hydroxylation sites is 2. The lowest BCUT2D eigenvalue weighted by Crippen LogP contribution is -2.40. The van der Waals surface area contributed by atoms with Gasteiger partial charge in [-0.05, 0) is 36.4 Å². The van der Waals surface area contributed by atoms with Crippen LogP contribution in [0.4, 0.5) is 5.69 Å². The van der Waals surface area contributed by atoms with E-state index in [2.05, 4.69) is 10.1 Å². The second-order valence-electron chi connectivity index (χ2n) is 4.92. The standard InChI is InChI=1S/C17H15NO5/c1-21-17(20)11-6-8-12(9-7-11)18-16(19)15-10-22-13-4-2-3-5-14(13)23-15/h2-9,15H,10H2,1H3,(H,18,19)/t15-/m1/s1. The molecule has 1 aliphatic heterocycles. The summed E-state index contributed by atoms with van der Waals surface area (Å²) in [6.45, 7) is 0.142. The molecule has 118 valence electrons. The molecule has 6 heteroatoms. The third-order valence-corrected chi connectivity index (χ3v) is 3.37. The predicted molar refractivity (Wildman–Crippen MR) is 82.8 cm³/mol. The highest BCUT2D eigenvalue weighted by Crippen LogP contribution is 2.31. The number of amides is 1. The molecule has 0 aromatic heterocycles. The molecule has 3 rings (SSSR count). The fourth-order valence-corrected chi connectivity index (χ4v) is 2.18. The van der Waals surface area contributed by atoms with Gasteiger partial charge in [-0.2, -0.15) is 0 Å². The number of carbonyl (C=O) groups excluding carboxylic acids is 2. The number of benzene rings is 2. The van der Waals surface area contributed by atoms with Crippen LogP contribution in [0.5, 0.6) is 11.5 Å². The largest absolute Gasteiger partial charge is 0.485 e. The van der Waals surface area contributed by atoms with E-state index in [4.69, 9.17) is 9.47 Å². The van der Waals surface area contributed by atoms with Crippen LogP contribution < -0.4 is 14.8 Å². The lowest BCUT2D eigenvalue weighted by Gasteiger charge is -2.25. The van der Waals surface area contributed by atoms with Crippen LogP contribution in [-0.4, -0.2) is 31.7 Å². The van der Waals surface area contributed by atoms with Gasteiger partial charge in [0.2, 0.25) is 6.10 Å². The second kappa shape index (κ2) is 6.39. The molecule has 0 unspecified atom stereocenters. The Balaban J connectivity index is 1.65. The van der Waals surface area contributed by atoms with Crippen LogP contribution >= 0.6 is 0 Å². The number of methoxy groups -OCH3 is 1. The molecule has 0 spiro atoms. The molecular formula is C17H15NO5. The molecule has 6 nitrogen and oxygen atoms in total. The minimum atomic E-state index is -0.731. The van der Waals surface area contributed by atoms with Crippen molar-refractivity contribution in [1.29, 1.82) is 0 Å². The first kappa shape index (κ1) is 14.9. The van der Waals surface area contributed by atoms with Crippen molar-refractivity contribution in [1.82, 2.24) is 0 Å². The smallest absolute Gasteiger partial charge is 0.337 e. The van der Waals surface area contributed by atoms with Crippen LogP contribution in [0.25, 0.3) is 0 Å². The molecule has 1 atom stereocenters. The minimum absolute atomic E-state index is 0.142. The molecule has 23 heavy (non-hydrogen) atoms. The summed E-state index contributed by atoms with van der Waals surface area (Å²) in [5.41, 5.74) is 0.974.